The van der Waals surface area contributed by atoms with Crippen LogP contribution in [0.25, 0.3) is 0 Å². The molecule has 2 rings (SSSR count). The number of esters is 1. The zero-order valence-electron chi connectivity index (χ0n) is 19.9. The van der Waals surface area contributed by atoms with Gasteiger partial charge in [0, 0.05) is 6.42 Å². The predicted molar refractivity (Wildman–Crippen MR) is 128 cm³/mol. The van der Waals surface area contributed by atoms with Gasteiger partial charge in [0.2, 0.25) is 0 Å². The molecule has 0 amide bonds. The predicted octanol–water partition coefficient (Wildman–Crippen LogP) is 4.49. The molecule has 0 fully saturated rings. The van der Waals surface area contributed by atoms with Gasteiger partial charge in [-0.3, -0.25) is 4.79 Å². The van der Waals surface area contributed by atoms with Gasteiger partial charge in [-0.1, -0.05) is 31.5 Å². The van der Waals surface area contributed by atoms with E-state index in [2.05, 4.69) is 13.0 Å². The summed E-state index contributed by atoms with van der Waals surface area (Å²) >= 11 is 0. The number of ether oxygens (including phenoxy) is 3. The second kappa shape index (κ2) is 13.1. The minimum Gasteiger partial charge on any atom is -0.493 e. The summed E-state index contributed by atoms with van der Waals surface area (Å²) in [6, 6.07) is 11.4. The zero-order valence-corrected chi connectivity index (χ0v) is 20.7. The van der Waals surface area contributed by atoms with Crippen LogP contribution in [0.3, 0.4) is 0 Å². The first-order valence-electron chi connectivity index (χ1n) is 11.1. The van der Waals surface area contributed by atoms with Gasteiger partial charge in [0.15, 0.2) is 11.5 Å². The highest BCUT2D eigenvalue weighted by Gasteiger charge is 2.12. The van der Waals surface area contributed by atoms with E-state index in [4.69, 9.17) is 18.4 Å². The lowest BCUT2D eigenvalue weighted by molar-refractivity contribution is -0.140. The first-order valence-corrected chi connectivity index (χ1v) is 12.9. The highest BCUT2D eigenvalue weighted by molar-refractivity contribution is 7.86. The van der Waals surface area contributed by atoms with Crippen LogP contribution in [0.2, 0.25) is 0 Å². The molecule has 0 saturated heterocycles. The average Bonchev–Trinajstić information content (AvgIpc) is 2.78. The Hall–Kier alpha value is -2.74. The van der Waals surface area contributed by atoms with Crippen LogP contribution in [0.4, 0.5) is 0 Å². The molecule has 0 N–H and O–H groups in total. The number of hydrogen-bond donors (Lipinski definition) is 0. The molecule has 0 heterocycles. The summed E-state index contributed by atoms with van der Waals surface area (Å²) < 4.78 is 43.9. The first kappa shape index (κ1) is 26.5. The Bertz CT molecular complexity index is 1020. The maximum atomic E-state index is 11.5. The minimum absolute atomic E-state index is 0.179. The number of hydrogen-bond acceptors (Lipinski definition) is 7. The Labute approximate surface area is 197 Å². The number of methoxy groups -OCH3 is 2. The SMILES string of the molecule is CCCCOc1cc(CCC(=O)OC)ccc1CCCc1ccc(OS(C)(=O)=O)c(OC)c1. The molecule has 0 aliphatic rings. The molecule has 0 atom stereocenters. The Morgan fingerprint density at radius 2 is 1.58 bits per heavy atom. The molecule has 0 aliphatic carbocycles. The molecule has 0 bridgehead atoms. The van der Waals surface area contributed by atoms with Crippen LogP contribution >= 0.6 is 0 Å². The Balaban J connectivity index is 2.05. The normalized spacial score (nSPS) is 11.2. The van der Waals surface area contributed by atoms with Gasteiger partial charge in [0.25, 0.3) is 0 Å². The lowest BCUT2D eigenvalue weighted by atomic mass is 10.0. The third kappa shape index (κ3) is 9.34. The average molecular weight is 479 g/mol. The lowest BCUT2D eigenvalue weighted by Gasteiger charge is -2.14. The summed E-state index contributed by atoms with van der Waals surface area (Å²) in [6.07, 6.45) is 6.47. The second-order valence-electron chi connectivity index (χ2n) is 7.85. The van der Waals surface area contributed by atoms with Crippen LogP contribution in [0.15, 0.2) is 36.4 Å². The summed E-state index contributed by atoms with van der Waals surface area (Å²) in [6.45, 7) is 2.78. The quantitative estimate of drug-likeness (QED) is 0.224. The zero-order chi connectivity index (χ0) is 24.3. The van der Waals surface area contributed by atoms with Gasteiger partial charge in [-0.2, -0.15) is 8.42 Å². The van der Waals surface area contributed by atoms with Gasteiger partial charge in [-0.15, -0.1) is 0 Å². The maximum absolute atomic E-state index is 11.5. The summed E-state index contributed by atoms with van der Waals surface area (Å²) in [5.74, 6) is 1.20. The fraction of sp³-hybridized carbons (Fsp3) is 0.480. The van der Waals surface area contributed by atoms with Crippen LogP contribution in [-0.2, 0) is 38.9 Å². The number of aryl methyl sites for hydroxylation is 3. The fourth-order valence-corrected chi connectivity index (χ4v) is 3.82. The maximum Gasteiger partial charge on any atom is 0.306 e. The molecule has 8 heteroatoms. The van der Waals surface area contributed by atoms with Crippen LogP contribution in [-0.4, -0.2) is 41.5 Å². The van der Waals surface area contributed by atoms with Crippen LogP contribution in [0.5, 0.6) is 17.2 Å². The molecule has 182 valence electrons. The standard InChI is InChI=1S/C25H34O7S/c1-5-6-16-31-23-17-20(12-15-25(26)30-3)10-13-21(23)9-7-8-19-11-14-22(24(18-19)29-2)32-33(4,27)28/h10-11,13-14,17-18H,5-9,12,15-16H2,1-4H3. The van der Waals surface area contributed by atoms with Crippen LogP contribution in [0.1, 0.15) is 49.3 Å². The number of carbonyl (C=O) groups excluding carboxylic acids is 1. The molecular formula is C25H34O7S. The molecule has 2 aromatic carbocycles. The topological polar surface area (TPSA) is 88.1 Å². The van der Waals surface area contributed by atoms with E-state index in [1.165, 1.54) is 14.2 Å². The molecule has 0 aromatic heterocycles. The molecule has 7 nitrogen and oxygen atoms in total. The van der Waals surface area contributed by atoms with Crippen molar-refractivity contribution in [3.63, 3.8) is 0 Å². The van der Waals surface area contributed by atoms with Gasteiger partial charge in [0.05, 0.1) is 27.1 Å². The van der Waals surface area contributed by atoms with Crippen molar-refractivity contribution in [3.05, 3.63) is 53.1 Å². The van der Waals surface area contributed by atoms with E-state index < -0.39 is 10.1 Å². The molecule has 0 unspecified atom stereocenters. The first-order chi connectivity index (χ1) is 15.8. The van der Waals surface area contributed by atoms with Crippen molar-refractivity contribution in [2.45, 2.75) is 51.9 Å². The largest absolute Gasteiger partial charge is 0.493 e. The van der Waals surface area contributed by atoms with E-state index in [1.54, 1.807) is 12.1 Å². The smallest absolute Gasteiger partial charge is 0.306 e. The minimum atomic E-state index is -3.62. The Kier molecular flexibility index (Phi) is 10.5. The fourth-order valence-electron chi connectivity index (χ4n) is 3.35. The molecule has 0 spiro atoms. The highest BCUT2D eigenvalue weighted by atomic mass is 32.2. The molecule has 33 heavy (non-hydrogen) atoms. The van der Waals surface area contributed by atoms with Gasteiger partial charge < -0.3 is 18.4 Å². The number of unbranched alkanes of at least 4 members (excludes halogenated alkanes) is 1. The van der Waals surface area contributed by atoms with E-state index >= 15 is 0 Å². The second-order valence-corrected chi connectivity index (χ2v) is 9.42. The van der Waals surface area contributed by atoms with Crippen molar-refractivity contribution < 1.29 is 31.6 Å². The number of benzene rings is 2. The summed E-state index contributed by atoms with van der Waals surface area (Å²) in [5.41, 5.74) is 3.19. The summed E-state index contributed by atoms with van der Waals surface area (Å²) in [4.78, 5) is 11.5. The van der Waals surface area contributed by atoms with E-state index in [0.717, 1.165) is 60.8 Å². The Morgan fingerprint density at radius 3 is 2.24 bits per heavy atom. The molecular weight excluding hydrogens is 444 g/mol. The van der Waals surface area contributed by atoms with Gasteiger partial charge in [0.1, 0.15) is 5.75 Å². The van der Waals surface area contributed by atoms with Crippen molar-refractivity contribution in [1.82, 2.24) is 0 Å². The highest BCUT2D eigenvalue weighted by Crippen LogP contribution is 2.30. The van der Waals surface area contributed by atoms with Crippen LogP contribution < -0.4 is 13.7 Å². The molecule has 2 aromatic rings. The number of carbonyl (C=O) groups is 1. The van der Waals surface area contributed by atoms with E-state index in [1.807, 2.05) is 18.2 Å². The monoisotopic (exact) mass is 478 g/mol. The van der Waals surface area contributed by atoms with Gasteiger partial charge >= 0.3 is 16.1 Å². The van der Waals surface area contributed by atoms with Crippen molar-refractivity contribution in [2.75, 3.05) is 27.1 Å². The van der Waals surface area contributed by atoms with Gasteiger partial charge in [-0.25, -0.2) is 0 Å². The Morgan fingerprint density at radius 1 is 0.879 bits per heavy atom. The van der Waals surface area contributed by atoms with Crippen molar-refractivity contribution in [1.29, 1.82) is 0 Å². The van der Waals surface area contributed by atoms with Gasteiger partial charge in [-0.05, 0) is 67.0 Å². The molecule has 0 radical (unpaired) electrons. The van der Waals surface area contributed by atoms with E-state index in [0.29, 0.717) is 25.2 Å². The van der Waals surface area contributed by atoms with Crippen molar-refractivity contribution >= 4 is 16.1 Å². The third-order valence-electron chi connectivity index (χ3n) is 5.11. The molecule has 0 saturated carbocycles. The van der Waals surface area contributed by atoms with Crippen LogP contribution in [0, 0.1) is 0 Å². The van der Waals surface area contributed by atoms with E-state index in [9.17, 15) is 13.2 Å². The molecule has 0 aliphatic heterocycles. The van der Waals surface area contributed by atoms with Crippen molar-refractivity contribution in [2.24, 2.45) is 0 Å². The lowest BCUT2D eigenvalue weighted by Crippen LogP contribution is -2.07. The van der Waals surface area contributed by atoms with Crippen molar-refractivity contribution in [3.8, 4) is 17.2 Å². The number of rotatable bonds is 14. The summed E-state index contributed by atoms with van der Waals surface area (Å²) in [7, 11) is -0.746. The third-order valence-corrected chi connectivity index (χ3v) is 5.60. The summed E-state index contributed by atoms with van der Waals surface area (Å²) in [5, 5.41) is 0. The van der Waals surface area contributed by atoms with E-state index in [-0.39, 0.29) is 11.7 Å².